The van der Waals surface area contributed by atoms with Gasteiger partial charge in [-0.2, -0.15) is 0 Å². The maximum absolute atomic E-state index is 9.74. The monoisotopic (exact) mass is 214 g/mol. The number of aliphatic hydroxyl groups excluding tert-OH is 1. The number of nitrogen functional groups attached to an aromatic ring is 1. The first-order valence-corrected chi connectivity index (χ1v) is 4.81. The summed E-state index contributed by atoms with van der Waals surface area (Å²) in [4.78, 5) is 0. The van der Waals surface area contributed by atoms with Crippen molar-refractivity contribution < 1.29 is 5.11 Å². The van der Waals surface area contributed by atoms with Crippen LogP contribution in [0.5, 0.6) is 0 Å². The number of benzene rings is 1. The van der Waals surface area contributed by atoms with Gasteiger partial charge in [0.05, 0.1) is 11.1 Å². The fourth-order valence-corrected chi connectivity index (χ4v) is 1.52. The Morgan fingerprint density at radius 2 is 2.00 bits per heavy atom. The highest BCUT2D eigenvalue weighted by atomic mass is 35.5. The second-order valence-corrected chi connectivity index (χ2v) is 3.86. The van der Waals surface area contributed by atoms with Gasteiger partial charge in [0.2, 0.25) is 0 Å². The van der Waals surface area contributed by atoms with Crippen LogP contribution in [0.4, 0.5) is 5.69 Å². The van der Waals surface area contributed by atoms with Gasteiger partial charge >= 0.3 is 0 Å². The van der Waals surface area contributed by atoms with Crippen molar-refractivity contribution in [2.45, 2.75) is 26.0 Å². The van der Waals surface area contributed by atoms with Gasteiger partial charge in [-0.15, -0.1) is 0 Å². The molecule has 0 aliphatic rings. The Kier molecular flexibility index (Phi) is 3.37. The van der Waals surface area contributed by atoms with E-state index in [1.807, 2.05) is 6.92 Å². The highest BCUT2D eigenvalue weighted by molar-refractivity contribution is 6.32. The number of rotatable bonds is 2. The maximum atomic E-state index is 9.74. The molecule has 0 amide bonds. The molecule has 0 heterocycles. The van der Waals surface area contributed by atoms with Crippen molar-refractivity contribution in [3.63, 3.8) is 0 Å². The summed E-state index contributed by atoms with van der Waals surface area (Å²) in [6.07, 6.45) is -0.748. The number of hydrogen-bond donors (Lipinski definition) is 3. The van der Waals surface area contributed by atoms with Crippen molar-refractivity contribution >= 4 is 17.3 Å². The van der Waals surface area contributed by atoms with E-state index >= 15 is 0 Å². The first-order chi connectivity index (χ1) is 6.45. The second kappa shape index (κ2) is 4.17. The van der Waals surface area contributed by atoms with E-state index in [2.05, 4.69) is 0 Å². The van der Waals surface area contributed by atoms with Crippen LogP contribution < -0.4 is 11.5 Å². The lowest BCUT2D eigenvalue weighted by molar-refractivity contribution is 0.153. The van der Waals surface area contributed by atoms with Crippen LogP contribution in [0.15, 0.2) is 12.1 Å². The minimum absolute atomic E-state index is 0.351. The molecule has 0 aliphatic carbocycles. The molecule has 3 nitrogen and oxygen atoms in total. The Labute approximate surface area is 88.7 Å². The Balaban J connectivity index is 3.17. The smallest absolute Gasteiger partial charge is 0.0952 e. The number of nitrogens with two attached hydrogens (primary N) is 2. The molecule has 5 N–H and O–H groups in total. The lowest BCUT2D eigenvalue weighted by Gasteiger charge is -2.18. The molecular weight excluding hydrogens is 200 g/mol. The summed E-state index contributed by atoms with van der Waals surface area (Å²) < 4.78 is 0. The van der Waals surface area contributed by atoms with Crippen LogP contribution in [0, 0.1) is 6.92 Å². The van der Waals surface area contributed by atoms with Crippen molar-refractivity contribution in [3.8, 4) is 0 Å². The summed E-state index contributed by atoms with van der Waals surface area (Å²) in [6, 6.07) is 3.08. The fourth-order valence-electron chi connectivity index (χ4n) is 1.23. The third-order valence-electron chi connectivity index (χ3n) is 2.27. The van der Waals surface area contributed by atoms with Gasteiger partial charge in [-0.1, -0.05) is 17.7 Å². The predicted molar refractivity (Wildman–Crippen MR) is 59.2 cm³/mol. The van der Waals surface area contributed by atoms with Gasteiger partial charge < -0.3 is 16.6 Å². The molecule has 0 radical (unpaired) electrons. The predicted octanol–water partition coefficient (Wildman–Crippen LogP) is 1.61. The standard InChI is InChI=1S/C10H15ClN2O/c1-5-8(13)4-3-7(9(5)11)10(14)6(2)12/h3-4,6,10,14H,12-13H2,1-2H3. The van der Waals surface area contributed by atoms with Crippen molar-refractivity contribution in [2.24, 2.45) is 5.73 Å². The summed E-state index contributed by atoms with van der Waals surface area (Å²) in [5.41, 5.74) is 13.3. The molecule has 14 heavy (non-hydrogen) atoms. The van der Waals surface area contributed by atoms with Crippen molar-refractivity contribution in [3.05, 3.63) is 28.3 Å². The van der Waals surface area contributed by atoms with Crippen LogP contribution in [-0.2, 0) is 0 Å². The molecule has 0 fully saturated rings. The molecule has 1 aromatic carbocycles. The lowest BCUT2D eigenvalue weighted by Crippen LogP contribution is -2.24. The number of hydrogen-bond acceptors (Lipinski definition) is 3. The fraction of sp³-hybridized carbons (Fsp3) is 0.400. The molecule has 0 spiro atoms. The Bertz CT molecular complexity index is 339. The zero-order chi connectivity index (χ0) is 10.9. The third kappa shape index (κ3) is 2.00. The van der Waals surface area contributed by atoms with Gasteiger partial charge in [-0.25, -0.2) is 0 Å². The molecule has 0 aromatic heterocycles. The van der Waals surface area contributed by atoms with Gasteiger partial charge in [0.25, 0.3) is 0 Å². The SMILES string of the molecule is Cc1c(N)ccc(C(O)C(C)N)c1Cl. The summed E-state index contributed by atoms with van der Waals surface area (Å²) in [5.74, 6) is 0. The molecule has 0 saturated heterocycles. The van der Waals surface area contributed by atoms with E-state index in [9.17, 15) is 5.11 Å². The van der Waals surface area contributed by atoms with E-state index in [4.69, 9.17) is 23.1 Å². The summed E-state index contributed by atoms with van der Waals surface area (Å²) in [5, 5.41) is 10.2. The minimum atomic E-state index is -0.748. The average molecular weight is 215 g/mol. The normalized spacial score (nSPS) is 15.2. The molecule has 2 atom stereocenters. The van der Waals surface area contributed by atoms with E-state index in [1.165, 1.54) is 0 Å². The van der Waals surface area contributed by atoms with Crippen molar-refractivity contribution in [1.29, 1.82) is 0 Å². The summed E-state index contributed by atoms with van der Waals surface area (Å²) >= 11 is 6.04. The first-order valence-electron chi connectivity index (χ1n) is 4.43. The van der Waals surface area contributed by atoms with E-state index < -0.39 is 6.10 Å². The molecule has 0 saturated carbocycles. The quantitative estimate of drug-likeness (QED) is 0.655. The molecule has 0 aliphatic heterocycles. The average Bonchev–Trinajstić information content (AvgIpc) is 2.13. The Morgan fingerprint density at radius 3 is 2.50 bits per heavy atom. The van der Waals surface area contributed by atoms with Crippen LogP contribution in [-0.4, -0.2) is 11.1 Å². The molecule has 4 heteroatoms. The zero-order valence-corrected chi connectivity index (χ0v) is 9.05. The zero-order valence-electron chi connectivity index (χ0n) is 8.29. The van der Waals surface area contributed by atoms with Crippen LogP contribution in [0.2, 0.25) is 5.02 Å². The molecular formula is C10H15ClN2O. The van der Waals surface area contributed by atoms with Gasteiger partial charge in [-0.3, -0.25) is 0 Å². The number of aliphatic hydroxyl groups is 1. The largest absolute Gasteiger partial charge is 0.398 e. The van der Waals surface area contributed by atoms with E-state index in [1.54, 1.807) is 19.1 Å². The highest BCUT2D eigenvalue weighted by Crippen LogP contribution is 2.30. The van der Waals surface area contributed by atoms with Gasteiger partial charge in [0.15, 0.2) is 0 Å². The summed E-state index contributed by atoms with van der Waals surface area (Å²) in [7, 11) is 0. The maximum Gasteiger partial charge on any atom is 0.0952 e. The van der Waals surface area contributed by atoms with Crippen LogP contribution in [0.25, 0.3) is 0 Å². The van der Waals surface area contributed by atoms with E-state index in [0.29, 0.717) is 16.3 Å². The second-order valence-electron chi connectivity index (χ2n) is 3.49. The Morgan fingerprint density at radius 1 is 1.43 bits per heavy atom. The number of anilines is 1. The van der Waals surface area contributed by atoms with Gasteiger partial charge in [0, 0.05) is 17.3 Å². The first kappa shape index (κ1) is 11.3. The van der Waals surface area contributed by atoms with Crippen molar-refractivity contribution in [1.82, 2.24) is 0 Å². The lowest BCUT2D eigenvalue weighted by atomic mass is 10.0. The minimum Gasteiger partial charge on any atom is -0.398 e. The van der Waals surface area contributed by atoms with Crippen LogP contribution in [0.3, 0.4) is 0 Å². The summed E-state index contributed by atoms with van der Waals surface area (Å²) in [6.45, 7) is 3.54. The Hall–Kier alpha value is -0.770. The molecule has 78 valence electrons. The molecule has 0 bridgehead atoms. The highest BCUT2D eigenvalue weighted by Gasteiger charge is 2.17. The molecule has 1 rings (SSSR count). The number of halogens is 1. The van der Waals surface area contributed by atoms with E-state index in [-0.39, 0.29) is 6.04 Å². The molecule has 1 aromatic rings. The molecule has 2 unspecified atom stereocenters. The van der Waals surface area contributed by atoms with Gasteiger partial charge in [-0.05, 0) is 25.5 Å². The topological polar surface area (TPSA) is 72.3 Å². The third-order valence-corrected chi connectivity index (χ3v) is 2.78. The van der Waals surface area contributed by atoms with E-state index in [0.717, 1.165) is 5.56 Å². The van der Waals surface area contributed by atoms with Crippen LogP contribution in [0.1, 0.15) is 24.2 Å². The van der Waals surface area contributed by atoms with Gasteiger partial charge in [0.1, 0.15) is 0 Å². The van der Waals surface area contributed by atoms with Crippen LogP contribution >= 0.6 is 11.6 Å². The van der Waals surface area contributed by atoms with Crippen molar-refractivity contribution in [2.75, 3.05) is 5.73 Å².